The van der Waals surface area contributed by atoms with Crippen molar-refractivity contribution in [1.29, 1.82) is 0 Å². The molecular weight excluding hydrogens is 194 g/mol. The van der Waals surface area contributed by atoms with E-state index in [-0.39, 0.29) is 0 Å². The first-order valence-corrected chi connectivity index (χ1v) is 5.47. The molecule has 0 amide bonds. The van der Waals surface area contributed by atoms with Gasteiger partial charge < -0.3 is 4.90 Å². The van der Waals surface area contributed by atoms with Crippen molar-refractivity contribution < 1.29 is 0 Å². The van der Waals surface area contributed by atoms with Crippen LogP contribution in [-0.2, 0) is 0 Å². The van der Waals surface area contributed by atoms with Gasteiger partial charge in [-0.15, -0.1) is 0 Å². The molecule has 0 saturated heterocycles. The van der Waals surface area contributed by atoms with Gasteiger partial charge in [0.2, 0.25) is 0 Å². The SMILES string of the molecule is C\C=C/C=C/C=C/c1ccc(N(C)C)cc1. The van der Waals surface area contributed by atoms with Crippen LogP contribution in [0.4, 0.5) is 5.69 Å². The van der Waals surface area contributed by atoms with Crippen molar-refractivity contribution in [1.82, 2.24) is 0 Å². The number of hydrogen-bond donors (Lipinski definition) is 0. The number of anilines is 1. The maximum Gasteiger partial charge on any atom is 0.0361 e. The zero-order valence-corrected chi connectivity index (χ0v) is 10.2. The van der Waals surface area contributed by atoms with Crippen LogP contribution < -0.4 is 4.90 Å². The molecule has 0 bridgehead atoms. The van der Waals surface area contributed by atoms with Gasteiger partial charge in [-0.05, 0) is 24.6 Å². The third-order valence-electron chi connectivity index (χ3n) is 2.22. The zero-order valence-electron chi connectivity index (χ0n) is 10.2. The Bertz CT molecular complexity index is 380. The molecular formula is C15H19N. The molecule has 0 heterocycles. The van der Waals surface area contributed by atoms with Crippen molar-refractivity contribution in [2.24, 2.45) is 0 Å². The first-order valence-electron chi connectivity index (χ1n) is 5.47. The van der Waals surface area contributed by atoms with E-state index in [1.807, 2.05) is 51.4 Å². The Morgan fingerprint density at radius 3 is 2.06 bits per heavy atom. The molecule has 0 fully saturated rings. The number of allylic oxidation sites excluding steroid dienone is 5. The molecule has 84 valence electrons. The van der Waals surface area contributed by atoms with E-state index in [1.165, 1.54) is 11.3 Å². The number of hydrogen-bond acceptors (Lipinski definition) is 1. The minimum Gasteiger partial charge on any atom is -0.378 e. The third kappa shape index (κ3) is 4.18. The molecule has 0 spiro atoms. The molecule has 1 aromatic rings. The topological polar surface area (TPSA) is 3.24 Å². The highest BCUT2D eigenvalue weighted by Gasteiger charge is 1.92. The van der Waals surface area contributed by atoms with Crippen LogP contribution in [0.5, 0.6) is 0 Å². The maximum absolute atomic E-state index is 2.12. The van der Waals surface area contributed by atoms with E-state index < -0.39 is 0 Å². The molecule has 16 heavy (non-hydrogen) atoms. The van der Waals surface area contributed by atoms with Crippen LogP contribution in [0, 0.1) is 0 Å². The lowest BCUT2D eigenvalue weighted by Gasteiger charge is -2.11. The van der Waals surface area contributed by atoms with Gasteiger partial charge in [-0.3, -0.25) is 0 Å². The number of benzene rings is 1. The van der Waals surface area contributed by atoms with Gasteiger partial charge in [-0.1, -0.05) is 48.6 Å². The molecule has 0 aromatic heterocycles. The highest BCUT2D eigenvalue weighted by Crippen LogP contribution is 2.12. The van der Waals surface area contributed by atoms with Gasteiger partial charge >= 0.3 is 0 Å². The quantitative estimate of drug-likeness (QED) is 0.686. The van der Waals surface area contributed by atoms with Crippen molar-refractivity contribution in [2.45, 2.75) is 6.92 Å². The minimum atomic E-state index is 1.22. The Balaban J connectivity index is 2.61. The van der Waals surface area contributed by atoms with Crippen LogP contribution in [0.1, 0.15) is 12.5 Å². The fourth-order valence-corrected chi connectivity index (χ4v) is 1.29. The summed E-state index contributed by atoms with van der Waals surface area (Å²) in [6, 6.07) is 8.48. The molecule has 0 atom stereocenters. The Hall–Kier alpha value is -1.76. The van der Waals surface area contributed by atoms with Gasteiger partial charge in [-0.2, -0.15) is 0 Å². The highest BCUT2D eigenvalue weighted by atomic mass is 15.1. The molecule has 0 unspecified atom stereocenters. The average molecular weight is 213 g/mol. The molecule has 0 aliphatic rings. The summed E-state index contributed by atoms with van der Waals surface area (Å²) in [4.78, 5) is 2.10. The van der Waals surface area contributed by atoms with Crippen molar-refractivity contribution in [3.63, 3.8) is 0 Å². The summed E-state index contributed by atoms with van der Waals surface area (Å²) in [5.41, 5.74) is 2.44. The molecule has 0 aliphatic heterocycles. The van der Waals surface area contributed by atoms with E-state index in [0.29, 0.717) is 0 Å². The second-order valence-electron chi connectivity index (χ2n) is 3.76. The summed E-state index contributed by atoms with van der Waals surface area (Å²) in [6.45, 7) is 2.01. The molecule has 0 saturated carbocycles. The molecule has 0 radical (unpaired) electrons. The van der Waals surface area contributed by atoms with Gasteiger partial charge in [-0.25, -0.2) is 0 Å². The van der Waals surface area contributed by atoms with Gasteiger partial charge in [0, 0.05) is 19.8 Å². The average Bonchev–Trinajstić information content (AvgIpc) is 2.29. The lowest BCUT2D eigenvalue weighted by Crippen LogP contribution is -2.07. The summed E-state index contributed by atoms with van der Waals surface area (Å²) in [7, 11) is 4.09. The van der Waals surface area contributed by atoms with E-state index in [1.54, 1.807) is 0 Å². The summed E-state index contributed by atoms with van der Waals surface area (Å²) in [5, 5.41) is 0. The van der Waals surface area contributed by atoms with E-state index >= 15 is 0 Å². The number of rotatable bonds is 4. The normalized spacial score (nSPS) is 11.9. The van der Waals surface area contributed by atoms with Crippen LogP contribution >= 0.6 is 0 Å². The summed E-state index contributed by atoms with van der Waals surface area (Å²) in [6.07, 6.45) is 12.2. The fraction of sp³-hybridized carbons (Fsp3) is 0.200. The van der Waals surface area contributed by atoms with Crippen LogP contribution in [0.3, 0.4) is 0 Å². The first-order chi connectivity index (χ1) is 7.74. The Morgan fingerprint density at radius 1 is 0.875 bits per heavy atom. The Kier molecular flexibility index (Phi) is 5.13. The largest absolute Gasteiger partial charge is 0.378 e. The van der Waals surface area contributed by atoms with Crippen LogP contribution in [0.2, 0.25) is 0 Å². The van der Waals surface area contributed by atoms with Gasteiger partial charge in [0.05, 0.1) is 0 Å². The van der Waals surface area contributed by atoms with Gasteiger partial charge in [0.15, 0.2) is 0 Å². The van der Waals surface area contributed by atoms with Crippen LogP contribution in [0.25, 0.3) is 6.08 Å². The van der Waals surface area contributed by atoms with Gasteiger partial charge in [0.1, 0.15) is 0 Å². The molecule has 1 heteroatoms. The predicted octanol–water partition coefficient (Wildman–Crippen LogP) is 3.90. The minimum absolute atomic E-state index is 1.22. The fourth-order valence-electron chi connectivity index (χ4n) is 1.29. The maximum atomic E-state index is 2.12. The smallest absolute Gasteiger partial charge is 0.0361 e. The molecule has 1 nitrogen and oxygen atoms in total. The van der Waals surface area contributed by atoms with E-state index in [0.717, 1.165) is 0 Å². The van der Waals surface area contributed by atoms with E-state index in [4.69, 9.17) is 0 Å². The molecule has 0 N–H and O–H groups in total. The van der Waals surface area contributed by atoms with Crippen molar-refractivity contribution >= 4 is 11.8 Å². The molecule has 1 aromatic carbocycles. The molecule has 1 rings (SSSR count). The molecule has 0 aliphatic carbocycles. The lowest BCUT2D eigenvalue weighted by atomic mass is 10.2. The number of nitrogens with zero attached hydrogens (tertiary/aromatic N) is 1. The zero-order chi connectivity index (χ0) is 11.8. The lowest BCUT2D eigenvalue weighted by molar-refractivity contribution is 1.13. The third-order valence-corrected chi connectivity index (χ3v) is 2.22. The summed E-state index contributed by atoms with van der Waals surface area (Å²) in [5.74, 6) is 0. The Labute approximate surface area is 98.4 Å². The first kappa shape index (κ1) is 12.3. The second kappa shape index (κ2) is 6.67. The summed E-state index contributed by atoms with van der Waals surface area (Å²) >= 11 is 0. The van der Waals surface area contributed by atoms with Crippen molar-refractivity contribution in [3.05, 3.63) is 60.2 Å². The van der Waals surface area contributed by atoms with E-state index in [2.05, 4.69) is 35.2 Å². The predicted molar refractivity (Wildman–Crippen MR) is 73.8 cm³/mol. The van der Waals surface area contributed by atoms with Crippen LogP contribution in [0.15, 0.2) is 54.6 Å². The second-order valence-corrected chi connectivity index (χ2v) is 3.76. The van der Waals surface area contributed by atoms with Crippen LogP contribution in [-0.4, -0.2) is 14.1 Å². The van der Waals surface area contributed by atoms with Crippen molar-refractivity contribution in [3.8, 4) is 0 Å². The van der Waals surface area contributed by atoms with Gasteiger partial charge in [0.25, 0.3) is 0 Å². The van der Waals surface area contributed by atoms with Crippen molar-refractivity contribution in [2.75, 3.05) is 19.0 Å². The van der Waals surface area contributed by atoms with E-state index in [9.17, 15) is 0 Å². The standard InChI is InChI=1S/C15H19N/c1-4-5-6-7-8-9-14-10-12-15(13-11-14)16(2)3/h4-13H,1-3H3/b5-4-,7-6+,9-8+. The summed E-state index contributed by atoms with van der Waals surface area (Å²) < 4.78 is 0. The Morgan fingerprint density at radius 2 is 1.50 bits per heavy atom. The monoisotopic (exact) mass is 213 g/mol. The highest BCUT2D eigenvalue weighted by molar-refractivity contribution is 5.56.